The summed E-state index contributed by atoms with van der Waals surface area (Å²) in [5.41, 5.74) is 0.924. The standard InChI is InChI=1S/C24H24F2N4O6S/c1-36-20-4-2-15(25)11-21(20)37(34,35)29-8-6-28(7-9-29)19-10-14-13-30(24(33)16(14)12-17(19)26)18-3-5-22(31)27-23(18)32/h2,4,10-12,18H,3,5-9,13H2,1H3,(H,27,31,32). The van der Waals surface area contributed by atoms with Crippen LogP contribution in [0.2, 0.25) is 0 Å². The van der Waals surface area contributed by atoms with Gasteiger partial charge in [-0.2, -0.15) is 4.31 Å². The predicted octanol–water partition coefficient (Wildman–Crippen LogP) is 1.25. The van der Waals surface area contributed by atoms with Gasteiger partial charge in [-0.1, -0.05) is 0 Å². The molecule has 0 aliphatic carbocycles. The van der Waals surface area contributed by atoms with Crippen LogP contribution < -0.4 is 15.0 Å². The topological polar surface area (TPSA) is 116 Å². The van der Waals surface area contributed by atoms with Crippen molar-refractivity contribution in [1.82, 2.24) is 14.5 Å². The van der Waals surface area contributed by atoms with Gasteiger partial charge in [-0.15, -0.1) is 0 Å². The number of carbonyl (C=O) groups is 3. The van der Waals surface area contributed by atoms with Gasteiger partial charge in [0.25, 0.3) is 5.91 Å². The van der Waals surface area contributed by atoms with E-state index in [4.69, 9.17) is 4.74 Å². The number of nitrogens with zero attached hydrogens (tertiary/aromatic N) is 3. The third-order valence-electron chi connectivity index (χ3n) is 6.91. The highest BCUT2D eigenvalue weighted by Gasteiger charge is 2.40. The molecule has 2 fully saturated rings. The molecule has 3 aliphatic heterocycles. The number of fused-ring (bicyclic) bond motifs is 1. The molecule has 3 amide bonds. The van der Waals surface area contributed by atoms with E-state index < -0.39 is 45.4 Å². The van der Waals surface area contributed by atoms with Gasteiger partial charge >= 0.3 is 0 Å². The molecule has 0 saturated carbocycles. The van der Waals surface area contributed by atoms with E-state index in [2.05, 4.69) is 5.32 Å². The van der Waals surface area contributed by atoms with Crippen LogP contribution in [0.1, 0.15) is 28.8 Å². The maximum Gasteiger partial charge on any atom is 0.255 e. The number of carbonyl (C=O) groups excluding carboxylic acids is 3. The molecule has 3 heterocycles. The molecule has 0 radical (unpaired) electrons. The number of hydrogen-bond acceptors (Lipinski definition) is 7. The van der Waals surface area contributed by atoms with Gasteiger partial charge in [0, 0.05) is 44.7 Å². The van der Waals surface area contributed by atoms with Crippen molar-refractivity contribution < 1.29 is 36.3 Å². The van der Waals surface area contributed by atoms with Crippen molar-refractivity contribution in [3.05, 3.63) is 53.1 Å². The van der Waals surface area contributed by atoms with Crippen molar-refractivity contribution in [2.24, 2.45) is 0 Å². The summed E-state index contributed by atoms with van der Waals surface area (Å²) in [4.78, 5) is 39.4. The lowest BCUT2D eigenvalue weighted by Gasteiger charge is -2.35. The van der Waals surface area contributed by atoms with E-state index in [-0.39, 0.29) is 67.5 Å². The Hall–Kier alpha value is -3.58. The number of ether oxygens (including phenoxy) is 1. The maximum atomic E-state index is 15.1. The van der Waals surface area contributed by atoms with Crippen LogP contribution in [0, 0.1) is 11.6 Å². The number of hydrogen-bond donors (Lipinski definition) is 1. The van der Waals surface area contributed by atoms with E-state index in [0.717, 1.165) is 18.2 Å². The van der Waals surface area contributed by atoms with Crippen LogP contribution in [-0.2, 0) is 26.2 Å². The Balaban J connectivity index is 1.32. The summed E-state index contributed by atoms with van der Waals surface area (Å²) < 4.78 is 61.5. The molecule has 10 nitrogen and oxygen atoms in total. The number of methoxy groups -OCH3 is 1. The zero-order chi connectivity index (χ0) is 26.5. The average Bonchev–Trinajstić information content (AvgIpc) is 3.18. The summed E-state index contributed by atoms with van der Waals surface area (Å²) >= 11 is 0. The fourth-order valence-corrected chi connectivity index (χ4v) is 6.57. The lowest BCUT2D eigenvalue weighted by atomic mass is 10.0. The maximum absolute atomic E-state index is 15.1. The SMILES string of the molecule is COc1ccc(F)cc1S(=O)(=O)N1CCN(c2cc3c(cc2F)C(=O)N(C2CCC(=O)NC2=O)C3)CC1. The minimum atomic E-state index is -4.05. The third-order valence-corrected chi connectivity index (χ3v) is 8.83. The lowest BCUT2D eigenvalue weighted by molar-refractivity contribution is -0.136. The van der Waals surface area contributed by atoms with Crippen molar-refractivity contribution in [1.29, 1.82) is 0 Å². The molecule has 0 aromatic heterocycles. The number of nitrogens with one attached hydrogen (secondary N) is 1. The van der Waals surface area contributed by atoms with Gasteiger partial charge in [0.1, 0.15) is 28.3 Å². The first-order valence-electron chi connectivity index (χ1n) is 11.7. The van der Waals surface area contributed by atoms with Crippen LogP contribution in [0.25, 0.3) is 0 Å². The zero-order valence-corrected chi connectivity index (χ0v) is 20.7. The molecule has 13 heteroatoms. The largest absolute Gasteiger partial charge is 0.495 e. The van der Waals surface area contributed by atoms with Crippen molar-refractivity contribution >= 4 is 33.4 Å². The Morgan fingerprint density at radius 3 is 2.43 bits per heavy atom. The highest BCUT2D eigenvalue weighted by Crippen LogP contribution is 2.34. The number of amides is 3. The summed E-state index contributed by atoms with van der Waals surface area (Å²) in [6.45, 7) is 0.482. The lowest BCUT2D eigenvalue weighted by Crippen LogP contribution is -2.52. The van der Waals surface area contributed by atoms with Crippen LogP contribution in [0.4, 0.5) is 14.5 Å². The molecular weight excluding hydrogens is 510 g/mol. The summed E-state index contributed by atoms with van der Waals surface area (Å²) in [5, 5.41) is 2.23. The van der Waals surface area contributed by atoms with Crippen molar-refractivity contribution in [2.75, 3.05) is 38.2 Å². The van der Waals surface area contributed by atoms with E-state index in [1.807, 2.05) is 0 Å². The number of piperidine rings is 1. The number of anilines is 1. The van der Waals surface area contributed by atoms with E-state index in [9.17, 15) is 27.2 Å². The molecule has 0 spiro atoms. The highest BCUT2D eigenvalue weighted by atomic mass is 32.2. The molecule has 2 aromatic rings. The van der Waals surface area contributed by atoms with Gasteiger partial charge in [0.05, 0.1) is 12.8 Å². The summed E-state index contributed by atoms with van der Waals surface area (Å²) in [6, 6.07) is 5.15. The Kier molecular flexibility index (Phi) is 6.36. The number of imide groups is 1. The minimum absolute atomic E-state index is 0.0266. The Morgan fingerprint density at radius 2 is 1.76 bits per heavy atom. The van der Waals surface area contributed by atoms with Gasteiger partial charge in [0.15, 0.2) is 0 Å². The Morgan fingerprint density at radius 1 is 1.03 bits per heavy atom. The predicted molar refractivity (Wildman–Crippen MR) is 126 cm³/mol. The molecule has 3 aliphatic rings. The first-order chi connectivity index (χ1) is 17.6. The Labute approximate surface area is 211 Å². The Bertz CT molecular complexity index is 1410. The minimum Gasteiger partial charge on any atom is -0.495 e. The number of piperazine rings is 1. The number of benzene rings is 2. The van der Waals surface area contributed by atoms with E-state index in [0.29, 0.717) is 5.56 Å². The second kappa shape index (κ2) is 9.38. The number of sulfonamides is 1. The molecule has 5 rings (SSSR count). The molecule has 2 saturated heterocycles. The summed E-state index contributed by atoms with van der Waals surface area (Å²) in [6.07, 6.45) is 0.317. The van der Waals surface area contributed by atoms with Gasteiger partial charge in [-0.25, -0.2) is 17.2 Å². The van der Waals surface area contributed by atoms with Crippen LogP contribution >= 0.6 is 0 Å². The highest BCUT2D eigenvalue weighted by molar-refractivity contribution is 7.89. The molecule has 2 aromatic carbocycles. The first-order valence-corrected chi connectivity index (χ1v) is 13.1. The van der Waals surface area contributed by atoms with Crippen LogP contribution in [0.5, 0.6) is 5.75 Å². The quantitative estimate of drug-likeness (QED) is 0.574. The fraction of sp³-hybridized carbons (Fsp3) is 0.375. The molecule has 0 bridgehead atoms. The zero-order valence-electron chi connectivity index (χ0n) is 19.9. The van der Waals surface area contributed by atoms with E-state index >= 15 is 4.39 Å². The molecule has 1 unspecified atom stereocenters. The first kappa shape index (κ1) is 25.1. The average molecular weight is 535 g/mol. The molecule has 1 atom stereocenters. The smallest absolute Gasteiger partial charge is 0.255 e. The normalized spacial score (nSPS) is 20.7. The van der Waals surface area contributed by atoms with Gasteiger partial charge < -0.3 is 14.5 Å². The fourth-order valence-electron chi connectivity index (χ4n) is 4.98. The summed E-state index contributed by atoms with van der Waals surface area (Å²) in [7, 11) is -2.76. The second-order valence-electron chi connectivity index (χ2n) is 9.05. The van der Waals surface area contributed by atoms with Crippen molar-refractivity contribution in [2.45, 2.75) is 30.3 Å². The van der Waals surface area contributed by atoms with Gasteiger partial charge in [-0.3, -0.25) is 19.7 Å². The van der Waals surface area contributed by atoms with Crippen molar-refractivity contribution in [3.8, 4) is 5.75 Å². The monoisotopic (exact) mass is 534 g/mol. The second-order valence-corrected chi connectivity index (χ2v) is 11.0. The summed E-state index contributed by atoms with van der Waals surface area (Å²) in [5.74, 6) is -2.74. The van der Waals surface area contributed by atoms with Gasteiger partial charge in [-0.05, 0) is 42.3 Å². The van der Waals surface area contributed by atoms with Gasteiger partial charge in [0.2, 0.25) is 21.8 Å². The molecule has 37 heavy (non-hydrogen) atoms. The van der Waals surface area contributed by atoms with Crippen LogP contribution in [-0.4, -0.2) is 74.7 Å². The van der Waals surface area contributed by atoms with E-state index in [1.165, 1.54) is 22.4 Å². The molecule has 196 valence electrons. The van der Waals surface area contributed by atoms with Crippen LogP contribution in [0.3, 0.4) is 0 Å². The number of rotatable bonds is 5. The molecular formula is C24H24F2N4O6S. The van der Waals surface area contributed by atoms with Crippen molar-refractivity contribution in [3.63, 3.8) is 0 Å². The van der Waals surface area contributed by atoms with Crippen LogP contribution in [0.15, 0.2) is 35.2 Å². The van der Waals surface area contributed by atoms with E-state index in [1.54, 1.807) is 11.0 Å². The number of halogens is 2. The third kappa shape index (κ3) is 4.42. The molecule has 1 N–H and O–H groups in total.